The lowest BCUT2D eigenvalue weighted by Gasteiger charge is -2.12. The van der Waals surface area contributed by atoms with Crippen LogP contribution in [-0.4, -0.2) is 25.5 Å². The number of aromatic nitrogens is 2. The first-order valence-corrected chi connectivity index (χ1v) is 10.2. The number of ether oxygens (including phenoxy) is 1. The molecule has 4 aromatic rings. The predicted molar refractivity (Wildman–Crippen MR) is 109 cm³/mol. The van der Waals surface area contributed by atoms with E-state index in [1.165, 1.54) is 19.2 Å². The molecule has 9 heteroatoms. The molecule has 0 aliphatic carbocycles. The van der Waals surface area contributed by atoms with Crippen LogP contribution < -0.4 is 14.5 Å². The van der Waals surface area contributed by atoms with Crippen LogP contribution in [0.2, 0.25) is 0 Å². The van der Waals surface area contributed by atoms with Crippen molar-refractivity contribution in [3.05, 3.63) is 82.9 Å². The summed E-state index contributed by atoms with van der Waals surface area (Å²) in [5.74, 6) is -0.208. The summed E-state index contributed by atoms with van der Waals surface area (Å²) in [6.07, 6.45) is 0. The van der Waals surface area contributed by atoms with Gasteiger partial charge in [-0.25, -0.2) is 9.37 Å². The Kier molecular flexibility index (Phi) is 4.96. The van der Waals surface area contributed by atoms with E-state index in [1.807, 2.05) is 0 Å². The van der Waals surface area contributed by atoms with Crippen molar-refractivity contribution < 1.29 is 21.7 Å². The Morgan fingerprint density at radius 2 is 1.70 bits per heavy atom. The summed E-state index contributed by atoms with van der Waals surface area (Å²) in [6, 6.07) is 15.6. The molecule has 0 saturated heterocycles. The number of hydrogen-bond donors (Lipinski definition) is 1. The Morgan fingerprint density at radius 3 is 2.43 bits per heavy atom. The van der Waals surface area contributed by atoms with Crippen LogP contribution in [0.4, 0.5) is 4.39 Å². The van der Waals surface area contributed by atoms with E-state index >= 15 is 0 Å². The molecule has 0 unspecified atom stereocenters. The van der Waals surface area contributed by atoms with Crippen LogP contribution >= 0.6 is 0 Å². The van der Waals surface area contributed by atoms with Gasteiger partial charge in [0.1, 0.15) is 16.5 Å². The SMILES string of the molecule is COc1cc(-c2nc3ccccc3c(=O)[nH]2)ccc1OS(=O)(=O)c1ccc(F)cc1. The summed E-state index contributed by atoms with van der Waals surface area (Å²) >= 11 is 0. The number of methoxy groups -OCH3 is 1. The van der Waals surface area contributed by atoms with Crippen molar-refractivity contribution in [1.82, 2.24) is 9.97 Å². The van der Waals surface area contributed by atoms with E-state index < -0.39 is 15.9 Å². The summed E-state index contributed by atoms with van der Waals surface area (Å²) in [7, 11) is -2.84. The number of benzene rings is 3. The molecule has 1 heterocycles. The molecular weight excluding hydrogens is 411 g/mol. The summed E-state index contributed by atoms with van der Waals surface area (Å²) < 4.78 is 48.4. The van der Waals surface area contributed by atoms with Crippen LogP contribution in [-0.2, 0) is 10.1 Å². The molecule has 0 radical (unpaired) electrons. The molecule has 30 heavy (non-hydrogen) atoms. The smallest absolute Gasteiger partial charge is 0.339 e. The molecule has 0 aliphatic rings. The Labute approximate surface area is 170 Å². The van der Waals surface area contributed by atoms with Gasteiger partial charge in [0.05, 0.1) is 18.0 Å². The molecule has 0 saturated carbocycles. The maximum Gasteiger partial charge on any atom is 0.339 e. The van der Waals surface area contributed by atoms with Gasteiger partial charge in [-0.05, 0) is 54.6 Å². The number of para-hydroxylation sites is 1. The van der Waals surface area contributed by atoms with Crippen molar-refractivity contribution in [2.24, 2.45) is 0 Å². The van der Waals surface area contributed by atoms with Gasteiger partial charge in [-0.3, -0.25) is 4.79 Å². The lowest BCUT2D eigenvalue weighted by Crippen LogP contribution is -2.11. The van der Waals surface area contributed by atoms with Crippen molar-refractivity contribution in [3.63, 3.8) is 0 Å². The first-order valence-electron chi connectivity index (χ1n) is 8.75. The monoisotopic (exact) mass is 426 g/mol. The van der Waals surface area contributed by atoms with E-state index in [-0.39, 0.29) is 22.0 Å². The Bertz CT molecular complexity index is 1400. The third-order valence-corrected chi connectivity index (χ3v) is 5.60. The van der Waals surface area contributed by atoms with E-state index in [9.17, 15) is 17.6 Å². The molecule has 0 spiro atoms. The molecule has 0 atom stereocenters. The van der Waals surface area contributed by atoms with Crippen molar-refractivity contribution >= 4 is 21.0 Å². The minimum Gasteiger partial charge on any atom is -0.493 e. The third kappa shape index (κ3) is 3.74. The van der Waals surface area contributed by atoms with Crippen molar-refractivity contribution in [2.75, 3.05) is 7.11 Å². The number of rotatable bonds is 5. The topological polar surface area (TPSA) is 98.3 Å². The quantitative estimate of drug-likeness (QED) is 0.491. The lowest BCUT2D eigenvalue weighted by molar-refractivity contribution is 0.390. The predicted octanol–water partition coefficient (Wildman–Crippen LogP) is 3.51. The van der Waals surface area contributed by atoms with Gasteiger partial charge in [-0.1, -0.05) is 12.1 Å². The summed E-state index contributed by atoms with van der Waals surface area (Å²) in [5, 5.41) is 0.457. The molecule has 0 aliphatic heterocycles. The fourth-order valence-electron chi connectivity index (χ4n) is 2.87. The standard InChI is InChI=1S/C21H15FN2O5S/c1-28-19-12-13(20-23-17-5-3-2-4-16(17)21(25)24-20)6-11-18(19)29-30(26,27)15-9-7-14(22)8-10-15/h2-12H,1H3,(H,23,24,25). The van der Waals surface area contributed by atoms with Crippen molar-refractivity contribution in [1.29, 1.82) is 0 Å². The molecule has 1 N–H and O–H groups in total. The molecule has 7 nitrogen and oxygen atoms in total. The number of hydrogen-bond acceptors (Lipinski definition) is 6. The number of aromatic amines is 1. The summed E-state index contributed by atoms with van der Waals surface area (Å²) in [5.41, 5.74) is 0.726. The van der Waals surface area contributed by atoms with Crippen LogP contribution in [0, 0.1) is 5.82 Å². The molecule has 0 amide bonds. The van der Waals surface area contributed by atoms with Gasteiger partial charge >= 0.3 is 10.1 Å². The first kappa shape index (κ1) is 19.6. The zero-order valence-corrected chi connectivity index (χ0v) is 16.4. The van der Waals surface area contributed by atoms with Crippen LogP contribution in [0.1, 0.15) is 0 Å². The van der Waals surface area contributed by atoms with Gasteiger partial charge in [0, 0.05) is 5.56 Å². The highest BCUT2D eigenvalue weighted by atomic mass is 32.2. The van der Waals surface area contributed by atoms with Gasteiger partial charge in [-0.15, -0.1) is 0 Å². The minimum atomic E-state index is -4.20. The van der Waals surface area contributed by atoms with E-state index in [1.54, 1.807) is 30.3 Å². The van der Waals surface area contributed by atoms with Gasteiger partial charge in [0.2, 0.25) is 0 Å². The van der Waals surface area contributed by atoms with Gasteiger partial charge < -0.3 is 13.9 Å². The maximum atomic E-state index is 13.1. The number of fused-ring (bicyclic) bond motifs is 1. The molecule has 1 aromatic heterocycles. The average molecular weight is 426 g/mol. The number of nitrogens with one attached hydrogen (secondary N) is 1. The largest absolute Gasteiger partial charge is 0.493 e. The average Bonchev–Trinajstić information content (AvgIpc) is 2.74. The first-order chi connectivity index (χ1) is 14.4. The zero-order chi connectivity index (χ0) is 21.3. The van der Waals surface area contributed by atoms with Crippen molar-refractivity contribution in [2.45, 2.75) is 4.90 Å². The second-order valence-corrected chi connectivity index (χ2v) is 7.84. The van der Waals surface area contributed by atoms with Crippen LogP contribution in [0.3, 0.4) is 0 Å². The van der Waals surface area contributed by atoms with Gasteiger partial charge in [0.15, 0.2) is 11.5 Å². The number of nitrogens with zero attached hydrogens (tertiary/aromatic N) is 1. The highest BCUT2D eigenvalue weighted by molar-refractivity contribution is 7.87. The van der Waals surface area contributed by atoms with Gasteiger partial charge in [-0.2, -0.15) is 8.42 Å². The molecule has 3 aromatic carbocycles. The Hall–Kier alpha value is -3.72. The van der Waals surface area contributed by atoms with E-state index in [2.05, 4.69) is 9.97 Å². The van der Waals surface area contributed by atoms with E-state index in [4.69, 9.17) is 8.92 Å². The molecule has 0 fully saturated rings. The normalized spacial score (nSPS) is 11.4. The van der Waals surface area contributed by atoms with E-state index in [0.717, 1.165) is 24.3 Å². The molecular formula is C21H15FN2O5S. The lowest BCUT2D eigenvalue weighted by atomic mass is 10.1. The third-order valence-electron chi connectivity index (χ3n) is 4.35. The highest BCUT2D eigenvalue weighted by Gasteiger charge is 2.20. The van der Waals surface area contributed by atoms with Crippen molar-refractivity contribution in [3.8, 4) is 22.9 Å². The number of halogens is 1. The fraction of sp³-hybridized carbons (Fsp3) is 0.0476. The van der Waals surface area contributed by atoms with Crippen LogP contribution in [0.5, 0.6) is 11.5 Å². The van der Waals surface area contributed by atoms with Crippen LogP contribution in [0.15, 0.2) is 76.4 Å². The van der Waals surface area contributed by atoms with E-state index in [0.29, 0.717) is 22.3 Å². The fourth-order valence-corrected chi connectivity index (χ4v) is 3.81. The second kappa shape index (κ2) is 7.60. The Balaban J connectivity index is 1.72. The van der Waals surface area contributed by atoms with Crippen LogP contribution in [0.25, 0.3) is 22.3 Å². The molecule has 4 rings (SSSR count). The number of H-pyrrole nitrogens is 1. The van der Waals surface area contributed by atoms with Gasteiger partial charge in [0.25, 0.3) is 5.56 Å². The maximum absolute atomic E-state index is 13.1. The zero-order valence-electron chi connectivity index (χ0n) is 15.6. The molecule has 152 valence electrons. The highest BCUT2D eigenvalue weighted by Crippen LogP contribution is 2.33. The Morgan fingerprint density at radius 1 is 0.967 bits per heavy atom. The second-order valence-electron chi connectivity index (χ2n) is 6.29. The minimum absolute atomic E-state index is 0.0614. The summed E-state index contributed by atoms with van der Waals surface area (Å²) in [4.78, 5) is 19.2. The summed E-state index contributed by atoms with van der Waals surface area (Å²) in [6.45, 7) is 0. The molecule has 0 bridgehead atoms.